The first-order valence-corrected chi connectivity index (χ1v) is 9.32. The summed E-state index contributed by atoms with van der Waals surface area (Å²) in [6.07, 6.45) is 0.926. The van der Waals surface area contributed by atoms with E-state index < -0.39 is 0 Å². The second-order valence-corrected chi connectivity index (χ2v) is 6.97. The second kappa shape index (κ2) is 10.4. The van der Waals surface area contributed by atoms with E-state index >= 15 is 0 Å². The van der Waals surface area contributed by atoms with Gasteiger partial charge < -0.3 is 15.4 Å². The van der Waals surface area contributed by atoms with E-state index in [1.54, 1.807) is 24.3 Å². The Morgan fingerprint density at radius 3 is 2.59 bits per heavy atom. The van der Waals surface area contributed by atoms with Crippen LogP contribution in [0, 0.1) is 12.8 Å². The molecule has 144 valence electrons. The van der Waals surface area contributed by atoms with Gasteiger partial charge in [0.1, 0.15) is 5.75 Å². The van der Waals surface area contributed by atoms with E-state index in [4.69, 9.17) is 4.74 Å². The van der Waals surface area contributed by atoms with Crippen LogP contribution in [0.4, 0.5) is 5.69 Å². The summed E-state index contributed by atoms with van der Waals surface area (Å²) in [6, 6.07) is 14.9. The third-order valence-corrected chi connectivity index (χ3v) is 3.92. The average Bonchev–Trinajstić information content (AvgIpc) is 2.64. The molecule has 2 amide bonds. The van der Waals surface area contributed by atoms with Crippen molar-refractivity contribution in [3.63, 3.8) is 0 Å². The third-order valence-electron chi connectivity index (χ3n) is 3.92. The highest BCUT2D eigenvalue weighted by Crippen LogP contribution is 2.16. The average molecular weight is 368 g/mol. The zero-order chi connectivity index (χ0) is 19.6. The molecule has 0 atom stereocenters. The van der Waals surface area contributed by atoms with Crippen molar-refractivity contribution in [1.82, 2.24) is 5.32 Å². The summed E-state index contributed by atoms with van der Waals surface area (Å²) in [6.45, 7) is 7.14. The lowest BCUT2D eigenvalue weighted by Gasteiger charge is -2.12. The Morgan fingerprint density at radius 1 is 1.07 bits per heavy atom. The fraction of sp³-hybridized carbons (Fsp3) is 0.364. The molecular formula is C22H28N2O3. The van der Waals surface area contributed by atoms with E-state index in [9.17, 15) is 9.59 Å². The van der Waals surface area contributed by atoms with E-state index in [-0.39, 0.29) is 11.8 Å². The number of aryl methyl sites for hydroxylation is 1. The summed E-state index contributed by atoms with van der Waals surface area (Å²) in [4.78, 5) is 24.5. The third kappa shape index (κ3) is 7.13. The molecule has 0 aliphatic rings. The van der Waals surface area contributed by atoms with Crippen LogP contribution in [-0.4, -0.2) is 25.0 Å². The number of benzene rings is 2. The number of hydrogen-bond donors (Lipinski definition) is 2. The van der Waals surface area contributed by atoms with Crippen LogP contribution in [0.15, 0.2) is 48.5 Å². The van der Waals surface area contributed by atoms with Gasteiger partial charge in [0.2, 0.25) is 5.91 Å². The highest BCUT2D eigenvalue weighted by Gasteiger charge is 2.13. The smallest absolute Gasteiger partial charge is 0.253 e. The lowest BCUT2D eigenvalue weighted by Crippen LogP contribution is -2.28. The lowest BCUT2D eigenvalue weighted by atomic mass is 10.1. The fourth-order valence-corrected chi connectivity index (χ4v) is 2.52. The molecule has 2 rings (SSSR count). The Kier molecular flexibility index (Phi) is 7.86. The van der Waals surface area contributed by atoms with Gasteiger partial charge in [-0.1, -0.05) is 38.1 Å². The van der Waals surface area contributed by atoms with Crippen LogP contribution in [0.5, 0.6) is 5.75 Å². The van der Waals surface area contributed by atoms with E-state index in [1.165, 1.54) is 0 Å². The van der Waals surface area contributed by atoms with Gasteiger partial charge in [0.25, 0.3) is 5.91 Å². The van der Waals surface area contributed by atoms with Crippen LogP contribution in [0.3, 0.4) is 0 Å². The molecule has 0 bridgehead atoms. The molecule has 5 nitrogen and oxygen atoms in total. The molecule has 27 heavy (non-hydrogen) atoms. The summed E-state index contributed by atoms with van der Waals surface area (Å²) in [5.74, 6) is 0.862. The Labute approximate surface area is 161 Å². The molecule has 0 heterocycles. The summed E-state index contributed by atoms with van der Waals surface area (Å²) in [7, 11) is 0. The van der Waals surface area contributed by atoms with Crippen molar-refractivity contribution in [2.75, 3.05) is 18.5 Å². The monoisotopic (exact) mass is 368 g/mol. The maximum Gasteiger partial charge on any atom is 0.253 e. The number of carbonyl (C=O) groups is 2. The van der Waals surface area contributed by atoms with E-state index in [2.05, 4.69) is 10.6 Å². The predicted octanol–water partition coefficient (Wildman–Crippen LogP) is 4.18. The molecule has 5 heteroatoms. The number of carbonyl (C=O) groups excluding carboxylic acids is 2. The normalized spacial score (nSPS) is 10.5. The zero-order valence-electron chi connectivity index (χ0n) is 16.2. The molecule has 0 spiro atoms. The SMILES string of the molecule is Cc1cccc(OCCCC(=O)Nc2ccccc2C(=O)NCC(C)C)c1. The highest BCUT2D eigenvalue weighted by atomic mass is 16.5. The van der Waals surface area contributed by atoms with Crippen molar-refractivity contribution in [2.24, 2.45) is 5.92 Å². The highest BCUT2D eigenvalue weighted by molar-refractivity contribution is 6.03. The minimum atomic E-state index is -0.178. The van der Waals surface area contributed by atoms with Crippen LogP contribution >= 0.6 is 0 Å². The maximum atomic E-state index is 12.3. The molecule has 0 saturated carbocycles. The molecule has 0 aromatic heterocycles. The quantitative estimate of drug-likeness (QED) is 0.653. The van der Waals surface area contributed by atoms with Crippen LogP contribution in [0.25, 0.3) is 0 Å². The first-order valence-electron chi connectivity index (χ1n) is 9.32. The topological polar surface area (TPSA) is 67.4 Å². The Hall–Kier alpha value is -2.82. The standard InChI is InChI=1S/C22H28N2O3/c1-16(2)15-23-22(26)19-10-4-5-11-20(19)24-21(25)12-7-13-27-18-9-6-8-17(3)14-18/h4-6,8-11,14,16H,7,12-13,15H2,1-3H3,(H,23,26)(H,24,25). The van der Waals surface area contributed by atoms with Gasteiger partial charge in [0.05, 0.1) is 17.9 Å². The molecule has 0 aliphatic heterocycles. The van der Waals surface area contributed by atoms with Crippen molar-refractivity contribution in [1.29, 1.82) is 0 Å². The van der Waals surface area contributed by atoms with Crippen LogP contribution in [0.2, 0.25) is 0 Å². The van der Waals surface area contributed by atoms with Gasteiger partial charge in [-0.3, -0.25) is 9.59 Å². The van der Waals surface area contributed by atoms with Gasteiger partial charge in [0.15, 0.2) is 0 Å². The molecule has 2 aromatic carbocycles. The Balaban J connectivity index is 1.82. The van der Waals surface area contributed by atoms with Crippen LogP contribution in [-0.2, 0) is 4.79 Å². The van der Waals surface area contributed by atoms with Crippen LogP contribution in [0.1, 0.15) is 42.6 Å². The first-order chi connectivity index (χ1) is 13.0. The Morgan fingerprint density at radius 2 is 1.85 bits per heavy atom. The van der Waals surface area contributed by atoms with Crippen molar-refractivity contribution >= 4 is 17.5 Å². The zero-order valence-corrected chi connectivity index (χ0v) is 16.2. The number of amides is 2. The fourth-order valence-electron chi connectivity index (χ4n) is 2.52. The van der Waals surface area contributed by atoms with E-state index in [0.717, 1.165) is 11.3 Å². The predicted molar refractivity (Wildman–Crippen MR) is 108 cm³/mol. The number of nitrogens with one attached hydrogen (secondary N) is 2. The molecular weight excluding hydrogens is 340 g/mol. The van der Waals surface area contributed by atoms with E-state index in [1.807, 2.05) is 45.0 Å². The summed E-state index contributed by atoms with van der Waals surface area (Å²) in [5.41, 5.74) is 2.14. The van der Waals surface area contributed by atoms with Gasteiger partial charge in [-0.2, -0.15) is 0 Å². The minimum Gasteiger partial charge on any atom is -0.494 e. The van der Waals surface area contributed by atoms with Gasteiger partial charge in [-0.15, -0.1) is 0 Å². The van der Waals surface area contributed by atoms with Crippen molar-refractivity contribution in [2.45, 2.75) is 33.6 Å². The maximum absolute atomic E-state index is 12.3. The van der Waals surface area contributed by atoms with Crippen molar-refractivity contribution in [3.05, 3.63) is 59.7 Å². The van der Waals surface area contributed by atoms with Gasteiger partial charge in [-0.05, 0) is 49.1 Å². The largest absolute Gasteiger partial charge is 0.494 e. The van der Waals surface area contributed by atoms with Gasteiger partial charge in [-0.25, -0.2) is 0 Å². The molecule has 2 N–H and O–H groups in total. The molecule has 0 aliphatic carbocycles. The van der Waals surface area contributed by atoms with Crippen molar-refractivity contribution < 1.29 is 14.3 Å². The first kappa shape index (κ1) is 20.5. The van der Waals surface area contributed by atoms with Gasteiger partial charge >= 0.3 is 0 Å². The number of hydrogen-bond acceptors (Lipinski definition) is 3. The summed E-state index contributed by atoms with van der Waals surface area (Å²) < 4.78 is 5.66. The molecule has 0 saturated heterocycles. The number of anilines is 1. The molecule has 0 fully saturated rings. The second-order valence-electron chi connectivity index (χ2n) is 6.97. The van der Waals surface area contributed by atoms with Gasteiger partial charge in [0, 0.05) is 13.0 Å². The lowest BCUT2D eigenvalue weighted by molar-refractivity contribution is -0.116. The number of para-hydroxylation sites is 1. The molecule has 2 aromatic rings. The molecule has 0 radical (unpaired) electrons. The number of ether oxygens (including phenoxy) is 1. The molecule has 0 unspecified atom stereocenters. The minimum absolute atomic E-state index is 0.132. The summed E-state index contributed by atoms with van der Waals surface area (Å²) >= 11 is 0. The van der Waals surface area contributed by atoms with Crippen molar-refractivity contribution in [3.8, 4) is 5.75 Å². The van der Waals surface area contributed by atoms with Crippen LogP contribution < -0.4 is 15.4 Å². The van der Waals surface area contributed by atoms with E-state index in [0.29, 0.717) is 43.2 Å². The summed E-state index contributed by atoms with van der Waals surface area (Å²) in [5, 5.41) is 5.71. The number of rotatable bonds is 9. The Bertz CT molecular complexity index is 772.